The third-order valence-corrected chi connectivity index (χ3v) is 5.82. The molecule has 1 nitrogen and oxygen atoms in total. The lowest BCUT2D eigenvalue weighted by molar-refractivity contribution is 0.250. The number of nitrogens with one attached hydrogen (secondary N) is 1. The SMILES string of the molecule is CCCNC(c1cccc(C)c1C)C1CC2CCC1C2. The van der Waals surface area contributed by atoms with E-state index in [1.54, 1.807) is 5.56 Å². The molecular weight excluding hydrogens is 242 g/mol. The van der Waals surface area contributed by atoms with Crippen LogP contribution in [0.15, 0.2) is 18.2 Å². The second-order valence-corrected chi connectivity index (χ2v) is 7.06. The van der Waals surface area contributed by atoms with Gasteiger partial charge in [0.05, 0.1) is 0 Å². The Morgan fingerprint density at radius 3 is 2.70 bits per heavy atom. The van der Waals surface area contributed by atoms with E-state index in [1.165, 1.54) is 43.2 Å². The van der Waals surface area contributed by atoms with Gasteiger partial charge in [0.2, 0.25) is 0 Å². The van der Waals surface area contributed by atoms with E-state index >= 15 is 0 Å². The lowest BCUT2D eigenvalue weighted by Crippen LogP contribution is -2.32. The van der Waals surface area contributed by atoms with Gasteiger partial charge in [-0.3, -0.25) is 0 Å². The third kappa shape index (κ3) is 2.53. The fourth-order valence-corrected chi connectivity index (χ4v) is 4.60. The molecule has 20 heavy (non-hydrogen) atoms. The Labute approximate surface area is 124 Å². The highest BCUT2D eigenvalue weighted by molar-refractivity contribution is 5.36. The van der Waals surface area contributed by atoms with Crippen LogP contribution in [0.1, 0.15) is 61.8 Å². The first-order valence-electron chi connectivity index (χ1n) is 8.50. The number of benzene rings is 1. The van der Waals surface area contributed by atoms with Crippen LogP contribution in [-0.4, -0.2) is 6.54 Å². The molecule has 0 heterocycles. The highest BCUT2D eigenvalue weighted by Gasteiger charge is 2.43. The largest absolute Gasteiger partial charge is 0.310 e. The second kappa shape index (κ2) is 5.89. The molecule has 110 valence electrons. The molecule has 1 N–H and O–H groups in total. The summed E-state index contributed by atoms with van der Waals surface area (Å²) in [7, 11) is 0. The summed E-state index contributed by atoms with van der Waals surface area (Å²) in [5.74, 6) is 2.89. The summed E-state index contributed by atoms with van der Waals surface area (Å²) in [5, 5.41) is 3.88. The molecule has 2 saturated carbocycles. The molecule has 0 amide bonds. The van der Waals surface area contributed by atoms with Gasteiger partial charge in [-0.2, -0.15) is 0 Å². The van der Waals surface area contributed by atoms with Crippen molar-refractivity contribution in [3.63, 3.8) is 0 Å². The van der Waals surface area contributed by atoms with Crippen LogP contribution in [0, 0.1) is 31.6 Å². The van der Waals surface area contributed by atoms with Crippen LogP contribution >= 0.6 is 0 Å². The maximum Gasteiger partial charge on any atom is 0.0354 e. The highest BCUT2D eigenvalue weighted by Crippen LogP contribution is 2.52. The summed E-state index contributed by atoms with van der Waals surface area (Å²) in [6.07, 6.45) is 7.15. The first kappa shape index (κ1) is 14.1. The van der Waals surface area contributed by atoms with Crippen LogP contribution < -0.4 is 5.32 Å². The molecular formula is C19H29N. The van der Waals surface area contributed by atoms with Crippen LogP contribution in [0.5, 0.6) is 0 Å². The molecule has 0 saturated heterocycles. The van der Waals surface area contributed by atoms with E-state index in [4.69, 9.17) is 0 Å². The van der Waals surface area contributed by atoms with Crippen molar-refractivity contribution in [2.45, 2.75) is 58.9 Å². The van der Waals surface area contributed by atoms with Crippen LogP contribution in [-0.2, 0) is 0 Å². The monoisotopic (exact) mass is 271 g/mol. The van der Waals surface area contributed by atoms with Crippen molar-refractivity contribution in [3.8, 4) is 0 Å². The van der Waals surface area contributed by atoms with E-state index in [0.29, 0.717) is 6.04 Å². The normalized spacial score (nSPS) is 29.9. The van der Waals surface area contributed by atoms with E-state index in [-0.39, 0.29) is 0 Å². The minimum Gasteiger partial charge on any atom is -0.310 e. The summed E-state index contributed by atoms with van der Waals surface area (Å²) < 4.78 is 0. The highest BCUT2D eigenvalue weighted by atomic mass is 14.9. The molecule has 4 atom stereocenters. The van der Waals surface area contributed by atoms with Crippen LogP contribution in [0.2, 0.25) is 0 Å². The van der Waals surface area contributed by atoms with E-state index in [1.807, 2.05) is 0 Å². The lowest BCUT2D eigenvalue weighted by Gasteiger charge is -2.33. The van der Waals surface area contributed by atoms with Gasteiger partial charge in [-0.15, -0.1) is 0 Å². The minimum absolute atomic E-state index is 0.588. The van der Waals surface area contributed by atoms with Gasteiger partial charge in [-0.1, -0.05) is 31.5 Å². The van der Waals surface area contributed by atoms with E-state index in [9.17, 15) is 0 Å². The van der Waals surface area contributed by atoms with Crippen molar-refractivity contribution < 1.29 is 0 Å². The predicted molar refractivity (Wildman–Crippen MR) is 85.9 cm³/mol. The fourth-order valence-electron chi connectivity index (χ4n) is 4.60. The van der Waals surface area contributed by atoms with Gasteiger partial charge in [0, 0.05) is 6.04 Å². The number of hydrogen-bond donors (Lipinski definition) is 1. The summed E-state index contributed by atoms with van der Waals surface area (Å²) in [6, 6.07) is 7.44. The van der Waals surface area contributed by atoms with Crippen LogP contribution in [0.25, 0.3) is 0 Å². The Balaban J connectivity index is 1.87. The third-order valence-electron chi connectivity index (χ3n) is 5.82. The van der Waals surface area contributed by atoms with Gasteiger partial charge in [-0.25, -0.2) is 0 Å². The quantitative estimate of drug-likeness (QED) is 0.812. The van der Waals surface area contributed by atoms with E-state index in [0.717, 1.165) is 24.3 Å². The van der Waals surface area contributed by atoms with Crippen molar-refractivity contribution >= 4 is 0 Å². The van der Waals surface area contributed by atoms with E-state index in [2.05, 4.69) is 44.3 Å². The number of fused-ring (bicyclic) bond motifs is 2. The Morgan fingerprint density at radius 1 is 1.20 bits per heavy atom. The number of aryl methyl sites for hydroxylation is 1. The molecule has 2 aliphatic rings. The van der Waals surface area contributed by atoms with Gasteiger partial charge < -0.3 is 5.32 Å². The number of hydrogen-bond acceptors (Lipinski definition) is 1. The molecule has 0 radical (unpaired) electrons. The molecule has 2 fully saturated rings. The van der Waals surface area contributed by atoms with Gasteiger partial charge in [0.1, 0.15) is 0 Å². The zero-order valence-corrected chi connectivity index (χ0v) is 13.3. The Kier molecular flexibility index (Phi) is 4.16. The molecule has 4 unspecified atom stereocenters. The van der Waals surface area contributed by atoms with Gasteiger partial charge in [-0.05, 0) is 80.5 Å². The first-order valence-corrected chi connectivity index (χ1v) is 8.50. The molecule has 3 rings (SSSR count). The van der Waals surface area contributed by atoms with Gasteiger partial charge >= 0.3 is 0 Å². The summed E-state index contributed by atoms with van der Waals surface area (Å²) in [5.41, 5.74) is 4.51. The van der Waals surface area contributed by atoms with Gasteiger partial charge in [0.25, 0.3) is 0 Å². The lowest BCUT2D eigenvalue weighted by atomic mass is 9.79. The van der Waals surface area contributed by atoms with Crippen molar-refractivity contribution in [1.29, 1.82) is 0 Å². The molecule has 1 aromatic carbocycles. The van der Waals surface area contributed by atoms with Crippen molar-refractivity contribution in [1.82, 2.24) is 5.32 Å². The van der Waals surface area contributed by atoms with Crippen molar-refractivity contribution in [2.75, 3.05) is 6.54 Å². The molecule has 1 heteroatoms. The molecule has 0 aromatic heterocycles. The summed E-state index contributed by atoms with van der Waals surface area (Å²) in [4.78, 5) is 0. The molecule has 2 aliphatic carbocycles. The zero-order valence-electron chi connectivity index (χ0n) is 13.3. The Hall–Kier alpha value is -0.820. The number of rotatable bonds is 5. The fraction of sp³-hybridized carbons (Fsp3) is 0.684. The Bertz CT molecular complexity index is 465. The summed E-state index contributed by atoms with van der Waals surface area (Å²) in [6.45, 7) is 7.97. The van der Waals surface area contributed by atoms with Crippen LogP contribution in [0.3, 0.4) is 0 Å². The molecule has 0 aliphatic heterocycles. The van der Waals surface area contributed by atoms with E-state index < -0.39 is 0 Å². The maximum absolute atomic E-state index is 3.88. The van der Waals surface area contributed by atoms with Gasteiger partial charge in [0.15, 0.2) is 0 Å². The standard InChI is InChI=1S/C19H29N/c1-4-10-20-19(17-7-5-6-13(2)14(17)3)18-12-15-8-9-16(18)11-15/h5-7,15-16,18-20H,4,8-12H2,1-3H3. The van der Waals surface area contributed by atoms with Crippen molar-refractivity contribution in [2.24, 2.45) is 17.8 Å². The van der Waals surface area contributed by atoms with Crippen LogP contribution in [0.4, 0.5) is 0 Å². The Morgan fingerprint density at radius 2 is 2.05 bits per heavy atom. The average Bonchev–Trinajstić information content (AvgIpc) is 3.06. The average molecular weight is 271 g/mol. The predicted octanol–water partition coefficient (Wildman–Crippen LogP) is 4.78. The topological polar surface area (TPSA) is 12.0 Å². The minimum atomic E-state index is 0.588. The molecule has 1 aromatic rings. The first-order chi connectivity index (χ1) is 9.70. The maximum atomic E-state index is 3.88. The zero-order chi connectivity index (χ0) is 14.1. The second-order valence-electron chi connectivity index (χ2n) is 7.06. The summed E-state index contributed by atoms with van der Waals surface area (Å²) >= 11 is 0. The smallest absolute Gasteiger partial charge is 0.0354 e. The molecule has 0 spiro atoms. The molecule has 2 bridgehead atoms. The van der Waals surface area contributed by atoms with Crippen molar-refractivity contribution in [3.05, 3.63) is 34.9 Å².